The maximum absolute atomic E-state index is 12.9. The van der Waals surface area contributed by atoms with E-state index in [1.807, 2.05) is 13.0 Å². The van der Waals surface area contributed by atoms with E-state index in [-0.39, 0.29) is 31.1 Å². The van der Waals surface area contributed by atoms with Gasteiger partial charge in [0.2, 0.25) is 0 Å². The zero-order valence-corrected chi connectivity index (χ0v) is 9.36. The fraction of sp³-hybridized carbons (Fsp3) is 0.500. The Bertz CT molecular complexity index is 316. The zero-order valence-electron chi connectivity index (χ0n) is 9.36. The number of hydrogen-bond acceptors (Lipinski definition) is 3. The second-order valence-corrected chi connectivity index (χ2v) is 3.96. The molecule has 3 nitrogen and oxygen atoms in total. The van der Waals surface area contributed by atoms with Crippen molar-refractivity contribution >= 4 is 0 Å². The van der Waals surface area contributed by atoms with Crippen LogP contribution >= 0.6 is 0 Å². The van der Waals surface area contributed by atoms with Gasteiger partial charge in [0.05, 0.1) is 19.3 Å². The molecule has 0 radical (unpaired) electrons. The molecule has 0 saturated heterocycles. The number of nitrogens with one attached hydrogen (secondary N) is 1. The lowest BCUT2D eigenvalue weighted by Gasteiger charge is -2.19. The molecule has 1 aromatic carbocycles. The third-order valence-corrected chi connectivity index (χ3v) is 2.39. The van der Waals surface area contributed by atoms with E-state index in [1.165, 1.54) is 12.1 Å². The van der Waals surface area contributed by atoms with Crippen LogP contribution in [0.1, 0.15) is 12.5 Å². The third-order valence-electron chi connectivity index (χ3n) is 2.39. The van der Waals surface area contributed by atoms with Crippen molar-refractivity contribution in [3.05, 3.63) is 35.6 Å². The summed E-state index contributed by atoms with van der Waals surface area (Å²) in [6.07, 6.45) is 0.661. The highest BCUT2D eigenvalue weighted by atomic mass is 19.1. The summed E-state index contributed by atoms with van der Waals surface area (Å²) in [7, 11) is 0. The molecule has 1 aromatic rings. The summed E-state index contributed by atoms with van der Waals surface area (Å²) in [5.74, 6) is -0.245. The molecule has 1 atom stereocenters. The van der Waals surface area contributed by atoms with Crippen LogP contribution in [0.5, 0.6) is 0 Å². The molecule has 0 aliphatic heterocycles. The summed E-state index contributed by atoms with van der Waals surface area (Å²) in [5, 5.41) is 20.9. The zero-order chi connectivity index (χ0) is 12.0. The maximum atomic E-state index is 12.9. The first-order chi connectivity index (χ1) is 7.65. The molecule has 0 amide bonds. The smallest absolute Gasteiger partial charge is 0.123 e. The quantitative estimate of drug-likeness (QED) is 0.670. The van der Waals surface area contributed by atoms with Crippen molar-refractivity contribution in [3.63, 3.8) is 0 Å². The predicted octanol–water partition coefficient (Wildman–Crippen LogP) is 0.700. The Balaban J connectivity index is 2.47. The summed E-state index contributed by atoms with van der Waals surface area (Å²) in [4.78, 5) is 0. The summed E-state index contributed by atoms with van der Waals surface area (Å²) in [6.45, 7) is 1.72. The Labute approximate surface area is 94.9 Å². The Morgan fingerprint density at radius 2 is 2.00 bits per heavy atom. The number of aliphatic hydroxyl groups excluding tert-OH is 2. The van der Waals surface area contributed by atoms with Crippen molar-refractivity contribution in [1.82, 2.24) is 5.32 Å². The van der Waals surface area contributed by atoms with Crippen molar-refractivity contribution in [2.45, 2.75) is 25.4 Å². The van der Waals surface area contributed by atoms with E-state index in [9.17, 15) is 4.39 Å². The Kier molecular flexibility index (Phi) is 5.38. The molecular weight excluding hydrogens is 209 g/mol. The molecule has 16 heavy (non-hydrogen) atoms. The number of halogens is 1. The van der Waals surface area contributed by atoms with Crippen LogP contribution in [-0.2, 0) is 6.42 Å². The fourth-order valence-electron chi connectivity index (χ4n) is 1.64. The molecule has 0 heterocycles. The van der Waals surface area contributed by atoms with E-state index >= 15 is 0 Å². The topological polar surface area (TPSA) is 52.5 Å². The maximum Gasteiger partial charge on any atom is 0.123 e. The van der Waals surface area contributed by atoms with Crippen LogP contribution in [0.4, 0.5) is 4.39 Å². The van der Waals surface area contributed by atoms with Gasteiger partial charge in [0.25, 0.3) is 0 Å². The lowest BCUT2D eigenvalue weighted by Crippen LogP contribution is -2.42. The molecule has 1 unspecified atom stereocenters. The molecule has 0 aliphatic rings. The van der Waals surface area contributed by atoms with Crippen molar-refractivity contribution in [1.29, 1.82) is 0 Å². The third kappa shape index (κ3) is 4.26. The summed E-state index contributed by atoms with van der Waals surface area (Å²) < 4.78 is 12.9. The highest BCUT2D eigenvalue weighted by Gasteiger charge is 2.10. The largest absolute Gasteiger partial charge is 0.395 e. The van der Waals surface area contributed by atoms with Gasteiger partial charge in [0.1, 0.15) is 5.82 Å². The van der Waals surface area contributed by atoms with Crippen molar-refractivity contribution in [2.24, 2.45) is 0 Å². The van der Waals surface area contributed by atoms with Gasteiger partial charge in [-0.2, -0.15) is 0 Å². The van der Waals surface area contributed by atoms with Crippen molar-refractivity contribution < 1.29 is 14.6 Å². The van der Waals surface area contributed by atoms with Crippen LogP contribution in [0.3, 0.4) is 0 Å². The average Bonchev–Trinajstić information content (AvgIpc) is 2.26. The first-order valence-electron chi connectivity index (χ1n) is 5.38. The summed E-state index contributed by atoms with van der Waals surface area (Å²) in [6, 6.07) is 6.19. The van der Waals surface area contributed by atoms with Gasteiger partial charge in [-0.15, -0.1) is 0 Å². The monoisotopic (exact) mass is 227 g/mol. The second-order valence-electron chi connectivity index (χ2n) is 3.96. The fourth-order valence-corrected chi connectivity index (χ4v) is 1.64. The van der Waals surface area contributed by atoms with Crippen LogP contribution in [0.15, 0.2) is 24.3 Å². The average molecular weight is 227 g/mol. The molecule has 1 rings (SSSR count). The molecule has 0 saturated carbocycles. The van der Waals surface area contributed by atoms with Crippen LogP contribution in [0, 0.1) is 5.82 Å². The minimum absolute atomic E-state index is 0.0751. The first kappa shape index (κ1) is 13.1. The normalized spacial score (nSPS) is 13.1. The van der Waals surface area contributed by atoms with Crippen LogP contribution in [0.2, 0.25) is 0 Å². The Morgan fingerprint density at radius 3 is 2.56 bits per heavy atom. The minimum atomic E-state index is -0.316. The van der Waals surface area contributed by atoms with Gasteiger partial charge in [0, 0.05) is 6.04 Å². The van der Waals surface area contributed by atoms with Gasteiger partial charge in [0.15, 0.2) is 0 Å². The van der Waals surface area contributed by atoms with Crippen molar-refractivity contribution in [2.75, 3.05) is 13.2 Å². The van der Waals surface area contributed by atoms with E-state index < -0.39 is 0 Å². The molecular formula is C12H18FNO2. The van der Waals surface area contributed by atoms with Gasteiger partial charge in [-0.25, -0.2) is 4.39 Å². The number of rotatable bonds is 6. The van der Waals surface area contributed by atoms with Crippen LogP contribution < -0.4 is 5.32 Å². The van der Waals surface area contributed by atoms with Gasteiger partial charge in [-0.3, -0.25) is 0 Å². The highest BCUT2D eigenvalue weighted by Crippen LogP contribution is 2.06. The molecule has 0 spiro atoms. The van der Waals surface area contributed by atoms with E-state index in [4.69, 9.17) is 10.2 Å². The van der Waals surface area contributed by atoms with Crippen molar-refractivity contribution in [3.8, 4) is 0 Å². The van der Waals surface area contributed by atoms with Gasteiger partial charge >= 0.3 is 0 Å². The van der Waals surface area contributed by atoms with E-state index in [0.717, 1.165) is 5.56 Å². The molecule has 90 valence electrons. The Morgan fingerprint density at radius 1 is 1.31 bits per heavy atom. The summed E-state index contributed by atoms with van der Waals surface area (Å²) in [5.41, 5.74) is 0.898. The SMILES string of the molecule is CC(Cc1cccc(F)c1)NC(CO)CO. The van der Waals surface area contributed by atoms with E-state index in [0.29, 0.717) is 6.42 Å². The molecule has 0 fully saturated rings. The predicted molar refractivity (Wildman–Crippen MR) is 60.7 cm³/mol. The molecule has 0 bridgehead atoms. The highest BCUT2D eigenvalue weighted by molar-refractivity contribution is 5.17. The van der Waals surface area contributed by atoms with Crippen LogP contribution in [-0.4, -0.2) is 35.5 Å². The van der Waals surface area contributed by atoms with E-state index in [1.54, 1.807) is 6.07 Å². The van der Waals surface area contributed by atoms with Gasteiger partial charge < -0.3 is 15.5 Å². The first-order valence-corrected chi connectivity index (χ1v) is 5.38. The minimum Gasteiger partial charge on any atom is -0.395 e. The molecule has 0 aliphatic carbocycles. The van der Waals surface area contributed by atoms with Gasteiger partial charge in [-0.1, -0.05) is 12.1 Å². The number of hydrogen-bond donors (Lipinski definition) is 3. The lowest BCUT2D eigenvalue weighted by molar-refractivity contribution is 0.163. The second kappa shape index (κ2) is 6.58. The Hall–Kier alpha value is -0.970. The summed E-state index contributed by atoms with van der Waals surface area (Å²) >= 11 is 0. The van der Waals surface area contributed by atoms with E-state index in [2.05, 4.69) is 5.32 Å². The molecule has 3 N–H and O–H groups in total. The standard InChI is InChI=1S/C12H18FNO2/c1-9(14-12(7-15)8-16)5-10-3-2-4-11(13)6-10/h2-4,6,9,12,14-16H,5,7-8H2,1H3. The van der Waals surface area contributed by atoms with Crippen LogP contribution in [0.25, 0.3) is 0 Å². The molecule has 0 aromatic heterocycles. The molecule has 4 heteroatoms. The lowest BCUT2D eigenvalue weighted by atomic mass is 10.1. The number of aliphatic hydroxyl groups is 2. The number of benzene rings is 1. The van der Waals surface area contributed by atoms with Gasteiger partial charge in [-0.05, 0) is 31.0 Å².